The number of hydrogen-bond acceptors (Lipinski definition) is 4. The molecule has 0 aliphatic rings. The predicted molar refractivity (Wildman–Crippen MR) is 82.4 cm³/mol. The molecule has 0 aliphatic heterocycles. The molecule has 0 aliphatic carbocycles. The number of carbonyl (C=O) groups is 2. The van der Waals surface area contributed by atoms with Gasteiger partial charge in [-0.05, 0) is 23.8 Å². The first kappa shape index (κ1) is 16.9. The highest BCUT2D eigenvalue weighted by Gasteiger charge is 2.20. The highest BCUT2D eigenvalue weighted by Crippen LogP contribution is 2.19. The normalized spacial score (nSPS) is 11.6. The molecule has 0 heterocycles. The zero-order chi connectivity index (χ0) is 16.8. The Morgan fingerprint density at radius 3 is 2.57 bits per heavy atom. The number of nitrogens with one attached hydrogen (secondary N) is 1. The molecule has 0 spiro atoms. The minimum Gasteiger partial charge on any atom is -0.453 e. The number of hydrogen-bond donors (Lipinski definition) is 2. The first-order valence-electron chi connectivity index (χ1n) is 6.62. The second-order valence-electron chi connectivity index (χ2n) is 4.59. The molecule has 0 radical (unpaired) electrons. The average Bonchev–Trinajstić information content (AvgIpc) is 2.55. The van der Waals surface area contributed by atoms with Crippen LogP contribution in [0, 0.1) is 5.82 Å². The molecule has 2 aromatic rings. The molecular formula is C16H13ClFNO4. The molecule has 0 unspecified atom stereocenters. The molecule has 1 atom stereocenters. The van der Waals surface area contributed by atoms with E-state index in [4.69, 9.17) is 16.3 Å². The molecule has 2 N–H and O–H groups in total. The van der Waals surface area contributed by atoms with Crippen LogP contribution in [0.5, 0.6) is 0 Å². The van der Waals surface area contributed by atoms with Gasteiger partial charge in [-0.1, -0.05) is 41.9 Å². The Bertz CT molecular complexity index is 708. The van der Waals surface area contributed by atoms with Gasteiger partial charge in [0.1, 0.15) is 5.82 Å². The molecule has 7 heteroatoms. The molecular weight excluding hydrogens is 325 g/mol. The van der Waals surface area contributed by atoms with E-state index in [0.717, 1.165) is 6.07 Å². The summed E-state index contributed by atoms with van der Waals surface area (Å²) in [5.74, 6) is -2.41. The van der Waals surface area contributed by atoms with Gasteiger partial charge in [-0.2, -0.15) is 0 Å². The average molecular weight is 338 g/mol. The van der Waals surface area contributed by atoms with Crippen molar-refractivity contribution in [3.05, 3.63) is 64.9 Å². The van der Waals surface area contributed by atoms with Crippen LogP contribution in [0.3, 0.4) is 0 Å². The SMILES string of the molecule is O=C(COC(=O)[C@H](O)c1ccccc1)Nc1ccc(Cl)cc1F. The van der Waals surface area contributed by atoms with Crippen molar-refractivity contribution in [1.29, 1.82) is 0 Å². The zero-order valence-electron chi connectivity index (χ0n) is 11.8. The van der Waals surface area contributed by atoms with E-state index in [1.165, 1.54) is 12.1 Å². The summed E-state index contributed by atoms with van der Waals surface area (Å²) in [7, 11) is 0. The highest BCUT2D eigenvalue weighted by molar-refractivity contribution is 6.30. The monoisotopic (exact) mass is 337 g/mol. The molecule has 0 saturated heterocycles. The number of carbonyl (C=O) groups excluding carboxylic acids is 2. The zero-order valence-corrected chi connectivity index (χ0v) is 12.6. The van der Waals surface area contributed by atoms with E-state index in [1.807, 2.05) is 0 Å². The van der Waals surface area contributed by atoms with Crippen LogP contribution in [-0.2, 0) is 14.3 Å². The topological polar surface area (TPSA) is 75.6 Å². The minimum atomic E-state index is -1.49. The molecule has 0 aromatic heterocycles. The van der Waals surface area contributed by atoms with Crippen LogP contribution in [0.4, 0.5) is 10.1 Å². The summed E-state index contributed by atoms with van der Waals surface area (Å²) in [5, 5.41) is 12.2. The number of aliphatic hydroxyl groups excluding tert-OH is 1. The van der Waals surface area contributed by atoms with E-state index in [9.17, 15) is 19.1 Å². The van der Waals surface area contributed by atoms with Gasteiger partial charge < -0.3 is 15.2 Å². The van der Waals surface area contributed by atoms with Gasteiger partial charge in [-0.15, -0.1) is 0 Å². The van der Waals surface area contributed by atoms with Crippen molar-refractivity contribution in [3.8, 4) is 0 Å². The van der Waals surface area contributed by atoms with Crippen molar-refractivity contribution in [3.63, 3.8) is 0 Å². The van der Waals surface area contributed by atoms with Crippen molar-refractivity contribution >= 4 is 29.2 Å². The van der Waals surface area contributed by atoms with Crippen LogP contribution < -0.4 is 5.32 Å². The van der Waals surface area contributed by atoms with Gasteiger partial charge in [0.05, 0.1) is 5.69 Å². The first-order chi connectivity index (χ1) is 11.0. The Balaban J connectivity index is 1.87. The maximum Gasteiger partial charge on any atom is 0.340 e. The van der Waals surface area contributed by atoms with Gasteiger partial charge in [-0.25, -0.2) is 9.18 Å². The minimum absolute atomic E-state index is 0.0842. The van der Waals surface area contributed by atoms with Crippen LogP contribution in [0.1, 0.15) is 11.7 Å². The van der Waals surface area contributed by atoms with Crippen LogP contribution in [-0.4, -0.2) is 23.6 Å². The smallest absolute Gasteiger partial charge is 0.340 e. The Labute approximate surface area is 136 Å². The van der Waals surface area contributed by atoms with Crippen LogP contribution in [0.15, 0.2) is 48.5 Å². The van der Waals surface area contributed by atoms with E-state index in [0.29, 0.717) is 5.56 Å². The number of anilines is 1. The number of rotatable bonds is 5. The standard InChI is InChI=1S/C16H13ClFNO4/c17-11-6-7-13(12(18)8-11)19-14(20)9-23-16(22)15(21)10-4-2-1-3-5-10/h1-8,15,21H,9H2,(H,19,20)/t15-/m1/s1. The summed E-state index contributed by atoms with van der Waals surface area (Å²) in [6.45, 7) is -0.648. The lowest BCUT2D eigenvalue weighted by Crippen LogP contribution is -2.24. The number of ether oxygens (including phenoxy) is 1. The van der Waals surface area contributed by atoms with Crippen LogP contribution in [0.25, 0.3) is 0 Å². The second kappa shape index (κ2) is 7.71. The maximum atomic E-state index is 13.5. The third kappa shape index (κ3) is 4.77. The predicted octanol–water partition coefficient (Wildman–Crippen LogP) is 2.69. The summed E-state index contributed by atoms with van der Waals surface area (Å²) < 4.78 is 18.2. The lowest BCUT2D eigenvalue weighted by atomic mass is 10.1. The summed E-state index contributed by atoms with van der Waals surface area (Å²) in [6.07, 6.45) is -1.49. The summed E-state index contributed by atoms with van der Waals surface area (Å²) in [5.41, 5.74) is 0.265. The maximum absolute atomic E-state index is 13.5. The number of halogens is 2. The first-order valence-corrected chi connectivity index (χ1v) is 6.99. The van der Waals surface area contributed by atoms with Crippen LogP contribution >= 0.6 is 11.6 Å². The number of esters is 1. The van der Waals surface area contributed by atoms with Gasteiger partial charge in [0.15, 0.2) is 12.7 Å². The van der Waals surface area contributed by atoms with E-state index in [-0.39, 0.29) is 10.7 Å². The van der Waals surface area contributed by atoms with Crippen molar-refractivity contribution in [2.75, 3.05) is 11.9 Å². The quantitative estimate of drug-likeness (QED) is 0.823. The van der Waals surface area contributed by atoms with Crippen molar-refractivity contribution in [2.24, 2.45) is 0 Å². The molecule has 0 saturated carbocycles. The van der Waals surface area contributed by atoms with Crippen LogP contribution in [0.2, 0.25) is 5.02 Å². The summed E-state index contributed by atoms with van der Waals surface area (Å²) >= 11 is 5.60. The van der Waals surface area contributed by atoms with E-state index in [1.54, 1.807) is 30.3 Å². The number of amides is 1. The third-order valence-corrected chi connectivity index (χ3v) is 3.12. The van der Waals surface area contributed by atoms with Crippen molar-refractivity contribution in [2.45, 2.75) is 6.10 Å². The highest BCUT2D eigenvalue weighted by atomic mass is 35.5. The van der Waals surface area contributed by atoms with Gasteiger partial charge >= 0.3 is 5.97 Å². The molecule has 2 rings (SSSR count). The molecule has 0 fully saturated rings. The number of benzene rings is 2. The lowest BCUT2D eigenvalue weighted by molar-refractivity contribution is -0.156. The number of aliphatic hydroxyl groups is 1. The van der Waals surface area contributed by atoms with Crippen molar-refractivity contribution < 1.29 is 23.8 Å². The Morgan fingerprint density at radius 2 is 1.91 bits per heavy atom. The molecule has 0 bridgehead atoms. The lowest BCUT2D eigenvalue weighted by Gasteiger charge is -2.11. The summed E-state index contributed by atoms with van der Waals surface area (Å²) in [4.78, 5) is 23.3. The fourth-order valence-electron chi connectivity index (χ4n) is 1.76. The summed E-state index contributed by atoms with van der Waals surface area (Å²) in [6, 6.07) is 11.9. The fourth-order valence-corrected chi connectivity index (χ4v) is 1.92. The third-order valence-electron chi connectivity index (χ3n) is 2.89. The van der Waals surface area contributed by atoms with E-state index >= 15 is 0 Å². The Kier molecular flexibility index (Phi) is 5.67. The largest absolute Gasteiger partial charge is 0.453 e. The van der Waals surface area contributed by atoms with Gasteiger partial charge in [0.2, 0.25) is 0 Å². The Hall–Kier alpha value is -2.44. The van der Waals surface area contributed by atoms with E-state index in [2.05, 4.69) is 5.32 Å². The molecule has 1 amide bonds. The molecule has 5 nitrogen and oxygen atoms in total. The van der Waals surface area contributed by atoms with E-state index < -0.39 is 30.4 Å². The van der Waals surface area contributed by atoms with Gasteiger partial charge in [-0.3, -0.25) is 4.79 Å². The Morgan fingerprint density at radius 1 is 1.22 bits per heavy atom. The van der Waals surface area contributed by atoms with Crippen molar-refractivity contribution in [1.82, 2.24) is 0 Å². The fraction of sp³-hybridized carbons (Fsp3) is 0.125. The van der Waals surface area contributed by atoms with Gasteiger partial charge in [0.25, 0.3) is 5.91 Å². The molecule has 120 valence electrons. The second-order valence-corrected chi connectivity index (χ2v) is 5.03. The van der Waals surface area contributed by atoms with Gasteiger partial charge in [0, 0.05) is 5.02 Å². The molecule has 2 aromatic carbocycles. The molecule has 23 heavy (non-hydrogen) atoms.